The molecule has 5 amide bonds. The molecule has 0 radical (unpaired) electrons. The van der Waals surface area contributed by atoms with E-state index in [-0.39, 0.29) is 53.4 Å². The smallest absolute Gasteiger partial charge is 0.336 e. The number of nitrogens with one attached hydrogen (secondary N) is 3. The van der Waals surface area contributed by atoms with Crippen LogP contribution in [-0.2, 0) is 49.5 Å². The number of aliphatic hydroxyl groups is 2. The third kappa shape index (κ3) is 18.1. The molecule has 1 heterocycles. The quantitative estimate of drug-likeness (QED) is 0.0473. The van der Waals surface area contributed by atoms with Crippen LogP contribution in [0.3, 0.4) is 0 Å². The number of likely N-dealkylation sites (N-methyl/N-ethyl adjacent to an activating group) is 2. The summed E-state index contributed by atoms with van der Waals surface area (Å²) in [4.78, 5) is 109. The molecule has 388 valence electrons. The summed E-state index contributed by atoms with van der Waals surface area (Å²) in [6.07, 6.45) is 12.3. The molecule has 2 aromatic rings. The second-order valence-electron chi connectivity index (χ2n) is 18.5. The van der Waals surface area contributed by atoms with Crippen molar-refractivity contribution < 1.29 is 63.5 Å². The summed E-state index contributed by atoms with van der Waals surface area (Å²) < 4.78 is 4.50. The zero-order chi connectivity index (χ0) is 51.9. The molecule has 0 saturated heterocycles. The molecule has 4 bridgehead atoms. The summed E-state index contributed by atoms with van der Waals surface area (Å²) in [7, 11) is 3.84. The van der Waals surface area contributed by atoms with Crippen molar-refractivity contribution in [3.8, 4) is 22.6 Å². The van der Waals surface area contributed by atoms with Gasteiger partial charge in [0, 0.05) is 63.2 Å². The predicted octanol–water partition coefficient (Wildman–Crippen LogP) is 4.71. The van der Waals surface area contributed by atoms with Gasteiger partial charge in [0.15, 0.2) is 17.7 Å². The van der Waals surface area contributed by atoms with Crippen molar-refractivity contribution in [2.75, 3.05) is 34.4 Å². The van der Waals surface area contributed by atoms with E-state index in [1.54, 1.807) is 0 Å². The van der Waals surface area contributed by atoms with E-state index < -0.39 is 103 Å². The van der Waals surface area contributed by atoms with Gasteiger partial charge in [0.05, 0.1) is 26.3 Å². The minimum absolute atomic E-state index is 0.0831. The molecule has 6 atom stereocenters. The molecule has 0 saturated carbocycles. The van der Waals surface area contributed by atoms with Gasteiger partial charge in [0.2, 0.25) is 29.5 Å². The summed E-state index contributed by atoms with van der Waals surface area (Å²) in [6.45, 7) is 3.90. The lowest BCUT2D eigenvalue weighted by Crippen LogP contribution is -2.53. The average Bonchev–Trinajstić information content (AvgIpc) is 3.33. The fourth-order valence-electron chi connectivity index (χ4n) is 8.48. The largest absolute Gasteiger partial charge is 0.507 e. The Hall–Kier alpha value is -5.88. The highest BCUT2D eigenvalue weighted by molar-refractivity contribution is 5.97. The Morgan fingerprint density at radius 3 is 1.94 bits per heavy atom. The average molecular weight is 980 g/mol. The van der Waals surface area contributed by atoms with Crippen LogP contribution in [0.1, 0.15) is 147 Å². The van der Waals surface area contributed by atoms with Crippen LogP contribution in [0, 0.1) is 5.92 Å². The first-order valence-electron chi connectivity index (χ1n) is 24.8. The molecule has 1 aliphatic heterocycles. The highest BCUT2D eigenvalue weighted by atomic mass is 16.5. The Morgan fingerprint density at radius 2 is 1.36 bits per heavy atom. The van der Waals surface area contributed by atoms with Crippen molar-refractivity contribution >= 4 is 47.1 Å². The van der Waals surface area contributed by atoms with Gasteiger partial charge in [-0.15, -0.1) is 0 Å². The Kier molecular flexibility index (Phi) is 25.0. The van der Waals surface area contributed by atoms with Crippen LogP contribution < -0.4 is 16.0 Å². The first-order chi connectivity index (χ1) is 33.3. The summed E-state index contributed by atoms with van der Waals surface area (Å²) in [5.41, 5.74) is 0.836. The van der Waals surface area contributed by atoms with Gasteiger partial charge in [-0.05, 0) is 48.7 Å². The van der Waals surface area contributed by atoms with E-state index in [0.717, 1.165) is 31.3 Å². The molecule has 0 aliphatic carbocycles. The Bertz CT molecular complexity index is 2100. The normalized spacial score (nSPS) is 17.2. The summed E-state index contributed by atoms with van der Waals surface area (Å²) in [6, 6.07) is 3.45. The number of ketones is 2. The number of esters is 1. The lowest BCUT2D eigenvalue weighted by molar-refractivity contribution is -0.150. The van der Waals surface area contributed by atoms with E-state index in [0.29, 0.717) is 12.0 Å². The number of aliphatic hydroxyl groups excluding tert-OH is 2. The number of carbonyl (C=O) groups excluding carboxylic acids is 8. The molecule has 18 nitrogen and oxygen atoms in total. The van der Waals surface area contributed by atoms with E-state index in [9.17, 15) is 58.8 Å². The summed E-state index contributed by atoms with van der Waals surface area (Å²) >= 11 is 0. The number of benzene rings is 2. The zero-order valence-corrected chi connectivity index (χ0v) is 41.9. The van der Waals surface area contributed by atoms with Gasteiger partial charge in [-0.2, -0.15) is 0 Å². The Labute approximate surface area is 412 Å². The van der Waals surface area contributed by atoms with E-state index in [2.05, 4.69) is 27.6 Å². The van der Waals surface area contributed by atoms with Gasteiger partial charge >= 0.3 is 5.97 Å². The maximum Gasteiger partial charge on any atom is 0.336 e. The molecule has 3 rings (SSSR count). The van der Waals surface area contributed by atoms with Crippen molar-refractivity contribution in [1.82, 2.24) is 25.8 Å². The number of rotatable bonds is 27. The first-order valence-corrected chi connectivity index (χ1v) is 24.8. The molecule has 7 N–H and O–H groups in total. The van der Waals surface area contributed by atoms with Crippen LogP contribution in [0.4, 0.5) is 0 Å². The highest BCUT2D eigenvalue weighted by Crippen LogP contribution is 2.39. The van der Waals surface area contributed by atoms with Gasteiger partial charge in [-0.3, -0.25) is 33.6 Å². The molecule has 18 heteroatoms. The predicted molar refractivity (Wildman–Crippen MR) is 262 cm³/mol. The van der Waals surface area contributed by atoms with Crippen LogP contribution >= 0.6 is 0 Å². The van der Waals surface area contributed by atoms with Crippen LogP contribution in [0.25, 0.3) is 11.1 Å². The number of Topliss-reactive ketones (excluding diaryl/α,β-unsaturated/α-hetero) is 2. The standard InChI is InChI=1S/C52H77N5O13/c1-7-8-9-10-11-12-13-14-15-16-17-18-19-20-46(64)56(4)40(32-58)51(68)54-34(3)41(59)25-26-47(65)57(5)48-36-22-24-43(61)38(30-36)37-28-35(21-23-42(37)60)29-39(55-49(66)33(2)27-44(48)62)50(67)53-31-45(63)52(69)70-6/h21-24,28,30,33-34,39-40,45,48,58,60-61,63H,7-20,25-27,29,31-32H2,1-6H3,(H,53,67)(H,54,68)(H,55,66)/t33-,34-,39+,40-,45?,48+/m1/s1. The summed E-state index contributed by atoms with van der Waals surface area (Å²) in [5, 5.41) is 49.7. The van der Waals surface area contributed by atoms with E-state index in [4.69, 9.17) is 0 Å². The fourth-order valence-corrected chi connectivity index (χ4v) is 8.48. The van der Waals surface area contributed by atoms with Crippen molar-refractivity contribution in [1.29, 1.82) is 0 Å². The number of phenolic OH excluding ortho intramolecular Hbond substituents is 2. The first kappa shape index (κ1) is 58.4. The number of phenols is 2. The molecular formula is C52H77N5O13. The van der Waals surface area contributed by atoms with Gasteiger partial charge in [-0.1, -0.05) is 103 Å². The second-order valence-corrected chi connectivity index (χ2v) is 18.5. The topological polar surface area (TPSA) is 269 Å². The molecule has 70 heavy (non-hydrogen) atoms. The number of nitrogens with zero attached hydrogens (tertiary/aromatic N) is 2. The van der Waals surface area contributed by atoms with Gasteiger partial charge in [0.25, 0.3) is 0 Å². The van der Waals surface area contributed by atoms with E-state index >= 15 is 0 Å². The lowest BCUT2D eigenvalue weighted by Gasteiger charge is -2.30. The minimum atomic E-state index is -1.69. The number of hydrogen-bond acceptors (Lipinski definition) is 13. The Morgan fingerprint density at radius 1 is 0.786 bits per heavy atom. The van der Waals surface area contributed by atoms with Crippen LogP contribution in [0.2, 0.25) is 0 Å². The van der Waals surface area contributed by atoms with Crippen molar-refractivity contribution in [2.24, 2.45) is 5.92 Å². The maximum atomic E-state index is 14.2. The second kappa shape index (κ2) is 30.0. The number of carbonyl (C=O) groups is 8. The van der Waals surface area contributed by atoms with Crippen LogP contribution in [0.5, 0.6) is 11.5 Å². The molecule has 1 unspecified atom stereocenters. The molecule has 0 spiro atoms. The van der Waals surface area contributed by atoms with Crippen molar-refractivity contribution in [2.45, 2.75) is 167 Å². The van der Waals surface area contributed by atoms with Gasteiger partial charge in [-0.25, -0.2) is 4.79 Å². The van der Waals surface area contributed by atoms with Crippen LogP contribution in [-0.4, -0.2) is 136 Å². The van der Waals surface area contributed by atoms with E-state index in [1.807, 2.05) is 0 Å². The third-order valence-corrected chi connectivity index (χ3v) is 13.0. The third-order valence-electron chi connectivity index (χ3n) is 13.0. The van der Waals surface area contributed by atoms with Crippen molar-refractivity contribution in [3.63, 3.8) is 0 Å². The fraction of sp³-hybridized carbons (Fsp3) is 0.615. The molecule has 1 aliphatic rings. The number of amides is 5. The minimum Gasteiger partial charge on any atom is -0.507 e. The molecular weight excluding hydrogens is 903 g/mol. The summed E-state index contributed by atoms with van der Waals surface area (Å²) in [5.74, 6) is -6.91. The SMILES string of the molecule is CCCCCCCCCCCCCCCC(=O)N(C)[C@H](CO)C(=O)N[C@H](C)C(=O)CCC(=O)N(C)[C@@H]1C(=O)C[C@@H](C)C(=O)N[C@H](C(=O)NCC(O)C(=O)OC)Cc2ccc(O)c(c2)-c2cc1ccc2O. The molecule has 0 fully saturated rings. The van der Waals surface area contributed by atoms with E-state index in [1.165, 1.54) is 127 Å². The molecule has 0 aromatic heterocycles. The van der Waals surface area contributed by atoms with Gasteiger partial charge in [0.1, 0.15) is 29.6 Å². The maximum absolute atomic E-state index is 14.2. The highest BCUT2D eigenvalue weighted by Gasteiger charge is 2.34. The monoisotopic (exact) mass is 980 g/mol. The van der Waals surface area contributed by atoms with Crippen molar-refractivity contribution in [3.05, 3.63) is 47.5 Å². The van der Waals surface area contributed by atoms with Gasteiger partial charge < -0.3 is 50.9 Å². The zero-order valence-electron chi connectivity index (χ0n) is 41.9. The number of hydrogen-bond donors (Lipinski definition) is 7. The Balaban J connectivity index is 1.66. The number of ether oxygens (including phenoxy) is 1. The number of fused-ring (bicyclic) bond motifs is 5. The number of methoxy groups -OCH3 is 1. The lowest BCUT2D eigenvalue weighted by atomic mass is 9.89. The number of aromatic hydroxyl groups is 2. The molecule has 2 aromatic carbocycles. The van der Waals surface area contributed by atoms with Crippen LogP contribution in [0.15, 0.2) is 36.4 Å². The number of unbranched alkanes of at least 4 members (excludes halogenated alkanes) is 12.